The number of aromatic nitrogens is 3. The molecule has 0 aliphatic carbocycles. The zero-order valence-corrected chi connectivity index (χ0v) is 14.9. The molecule has 2 aromatic heterocycles. The Bertz CT molecular complexity index is 916. The van der Waals surface area contributed by atoms with Gasteiger partial charge in [-0.25, -0.2) is 15.0 Å². The van der Waals surface area contributed by atoms with Crippen LogP contribution in [0.3, 0.4) is 0 Å². The Morgan fingerprint density at radius 2 is 1.70 bits per heavy atom. The summed E-state index contributed by atoms with van der Waals surface area (Å²) in [7, 11) is -4.91. The van der Waals surface area contributed by atoms with Gasteiger partial charge < -0.3 is 24.8 Å². The molecule has 0 radical (unpaired) electrons. The second-order valence-corrected chi connectivity index (χ2v) is 7.47. The second-order valence-electron chi connectivity index (χ2n) is 5.62. The summed E-state index contributed by atoms with van der Waals surface area (Å²) in [6.45, 7) is 0. The van der Waals surface area contributed by atoms with Crippen molar-refractivity contribution in [3.63, 3.8) is 0 Å². The first-order chi connectivity index (χ1) is 12.7. The molecule has 1 aliphatic heterocycles. The molecular weight excluding hydrogens is 406 g/mol. The van der Waals surface area contributed by atoms with Crippen LogP contribution in [0, 0.1) is 0 Å². The Kier molecular flexibility index (Phi) is 5.58. The summed E-state index contributed by atoms with van der Waals surface area (Å²) in [4.78, 5) is 11.6. The lowest BCUT2D eigenvalue weighted by molar-refractivity contribution is -0.254. The summed E-state index contributed by atoms with van der Waals surface area (Å²) < 4.78 is 42.1. The fourth-order valence-corrected chi connectivity index (χ4v) is 3.31. The van der Waals surface area contributed by atoms with Crippen LogP contribution in [0.5, 0.6) is 5.75 Å². The minimum absolute atomic E-state index is 0.111. The monoisotopic (exact) mass is 419 g/mol. The van der Waals surface area contributed by atoms with Crippen LogP contribution in [-0.2, 0) is 14.9 Å². The van der Waals surface area contributed by atoms with Gasteiger partial charge in [0, 0.05) is 29.7 Å². The molecule has 0 aromatic carbocycles. The van der Waals surface area contributed by atoms with Gasteiger partial charge in [0.15, 0.2) is 10.9 Å². The zero-order valence-electron chi connectivity index (χ0n) is 13.3. The number of hydrogen-bond donors (Lipinski definition) is 4. The van der Waals surface area contributed by atoms with Crippen molar-refractivity contribution >= 4 is 21.7 Å². The van der Waals surface area contributed by atoms with Crippen LogP contribution in [0.2, 0.25) is 5.15 Å². The molecule has 1 aliphatic rings. The summed E-state index contributed by atoms with van der Waals surface area (Å²) in [6, 6.07) is 1.41. The number of nitrogens with zero attached hydrogens (tertiary/aromatic N) is 3. The lowest BCUT2D eigenvalue weighted by atomic mass is 10.1. The number of aliphatic hydroxyl groups excluding tert-OH is 3. The molecule has 0 spiro atoms. The zero-order chi connectivity index (χ0) is 19.8. The van der Waals surface area contributed by atoms with Crippen LogP contribution >= 0.6 is 11.6 Å². The van der Waals surface area contributed by atoms with E-state index in [-0.39, 0.29) is 10.9 Å². The van der Waals surface area contributed by atoms with Gasteiger partial charge in [0.05, 0.1) is 0 Å². The maximum Gasteiger partial charge on any atom is 0.295 e. The van der Waals surface area contributed by atoms with Gasteiger partial charge in [-0.1, -0.05) is 11.6 Å². The smallest absolute Gasteiger partial charge is 0.295 e. The van der Waals surface area contributed by atoms with E-state index in [1.165, 1.54) is 31.0 Å². The normalized spacial score (nSPS) is 28.7. The van der Waals surface area contributed by atoms with E-state index in [0.717, 1.165) is 0 Å². The molecule has 2 aromatic rings. The lowest BCUT2D eigenvalue weighted by Crippen LogP contribution is -2.61. The number of aliphatic hydroxyl groups is 3. The molecular formula is C14H14ClN3O8S. The summed E-state index contributed by atoms with van der Waals surface area (Å²) in [6.07, 6.45) is -1.91. The van der Waals surface area contributed by atoms with Gasteiger partial charge in [-0.2, -0.15) is 8.42 Å². The molecule has 27 heavy (non-hydrogen) atoms. The molecule has 3 rings (SSSR count). The Morgan fingerprint density at radius 1 is 1.04 bits per heavy atom. The fraction of sp³-hybridized carbons (Fsp3) is 0.357. The van der Waals surface area contributed by atoms with E-state index in [0.29, 0.717) is 11.1 Å². The third-order valence-electron chi connectivity index (χ3n) is 3.76. The lowest BCUT2D eigenvalue weighted by Gasteiger charge is -2.38. The molecule has 3 heterocycles. The summed E-state index contributed by atoms with van der Waals surface area (Å²) >= 11 is 5.96. The van der Waals surface area contributed by atoms with E-state index < -0.39 is 40.2 Å². The molecule has 4 N–H and O–H groups in total. The van der Waals surface area contributed by atoms with Crippen LogP contribution in [0.1, 0.15) is 0 Å². The summed E-state index contributed by atoms with van der Waals surface area (Å²) in [5, 5.41) is 29.4. The van der Waals surface area contributed by atoms with E-state index in [4.69, 9.17) is 25.6 Å². The van der Waals surface area contributed by atoms with E-state index in [9.17, 15) is 23.7 Å². The minimum Gasteiger partial charge on any atom is -0.459 e. The van der Waals surface area contributed by atoms with Crippen molar-refractivity contribution in [1.29, 1.82) is 0 Å². The largest absolute Gasteiger partial charge is 0.459 e. The second kappa shape index (κ2) is 7.59. The predicted octanol–water partition coefficient (Wildman–Crippen LogP) is -0.776. The molecule has 5 atom stereocenters. The van der Waals surface area contributed by atoms with Crippen LogP contribution in [0.4, 0.5) is 0 Å². The average molecular weight is 420 g/mol. The highest BCUT2D eigenvalue weighted by Gasteiger charge is 2.50. The Morgan fingerprint density at radius 3 is 2.33 bits per heavy atom. The van der Waals surface area contributed by atoms with Gasteiger partial charge in [-0.3, -0.25) is 4.55 Å². The third kappa shape index (κ3) is 4.16. The van der Waals surface area contributed by atoms with Crippen molar-refractivity contribution in [3.8, 4) is 16.9 Å². The minimum atomic E-state index is -4.91. The molecule has 0 amide bonds. The maximum absolute atomic E-state index is 11.3. The third-order valence-corrected chi connectivity index (χ3v) is 5.02. The quantitative estimate of drug-likeness (QED) is 0.361. The van der Waals surface area contributed by atoms with E-state index in [1.807, 2.05) is 0 Å². The number of halogens is 1. The van der Waals surface area contributed by atoms with Gasteiger partial charge in [-0.15, -0.1) is 0 Å². The van der Waals surface area contributed by atoms with Crippen molar-refractivity contribution in [1.82, 2.24) is 15.0 Å². The standard InChI is InChI=1S/C14H14ClN3O8S/c15-12-8(1-6(4-18-12)7-2-16-5-17-3-7)25-13-10(20)9(19)11(21)14(26-13)27(22,23)24/h1-5,9-11,13-14,19-21H,(H,22,23,24)/t9-,10-,11+,13-,14?/m1/s1. The summed E-state index contributed by atoms with van der Waals surface area (Å²) in [5.41, 5.74) is -1.16. The van der Waals surface area contributed by atoms with E-state index in [1.54, 1.807) is 0 Å². The molecule has 146 valence electrons. The van der Waals surface area contributed by atoms with Crippen LogP contribution in [0.15, 0.2) is 31.0 Å². The molecule has 1 saturated heterocycles. The highest BCUT2D eigenvalue weighted by molar-refractivity contribution is 7.86. The fourth-order valence-electron chi connectivity index (χ4n) is 2.40. The number of ether oxygens (including phenoxy) is 2. The Labute approximate surface area is 158 Å². The van der Waals surface area contributed by atoms with Gasteiger partial charge in [0.2, 0.25) is 11.7 Å². The number of hydrogen-bond acceptors (Lipinski definition) is 10. The Balaban J connectivity index is 1.89. The molecule has 0 saturated carbocycles. The van der Waals surface area contributed by atoms with Crippen molar-refractivity contribution in [3.05, 3.63) is 36.1 Å². The van der Waals surface area contributed by atoms with Crippen molar-refractivity contribution in [2.45, 2.75) is 30.0 Å². The highest BCUT2D eigenvalue weighted by atomic mass is 35.5. The number of pyridine rings is 1. The topological polar surface area (TPSA) is 172 Å². The highest BCUT2D eigenvalue weighted by Crippen LogP contribution is 2.32. The van der Waals surface area contributed by atoms with E-state index >= 15 is 0 Å². The van der Waals surface area contributed by atoms with Crippen molar-refractivity contribution in [2.24, 2.45) is 0 Å². The van der Waals surface area contributed by atoms with Gasteiger partial charge in [0.25, 0.3) is 10.1 Å². The molecule has 13 heteroatoms. The number of rotatable bonds is 4. The molecule has 11 nitrogen and oxygen atoms in total. The van der Waals surface area contributed by atoms with Crippen LogP contribution in [0.25, 0.3) is 11.1 Å². The summed E-state index contributed by atoms with van der Waals surface area (Å²) in [5.74, 6) is -0.111. The predicted molar refractivity (Wildman–Crippen MR) is 89.1 cm³/mol. The van der Waals surface area contributed by atoms with E-state index in [2.05, 4.69) is 15.0 Å². The molecule has 1 fully saturated rings. The van der Waals surface area contributed by atoms with Crippen molar-refractivity contribution < 1.29 is 37.8 Å². The maximum atomic E-state index is 11.3. The van der Waals surface area contributed by atoms with Gasteiger partial charge >= 0.3 is 0 Å². The average Bonchev–Trinajstić information content (AvgIpc) is 2.63. The first-order valence-electron chi connectivity index (χ1n) is 7.42. The van der Waals surface area contributed by atoms with Gasteiger partial charge in [0.1, 0.15) is 24.6 Å². The SMILES string of the molecule is O=S(=O)(O)C1O[C@@H](Oc2cc(-c3cncnc3)cnc2Cl)[C@H](O)[C@@H](O)[C@@H]1O. The first kappa shape index (κ1) is 19.8. The first-order valence-corrected chi connectivity index (χ1v) is 9.30. The molecule has 0 bridgehead atoms. The van der Waals surface area contributed by atoms with Crippen molar-refractivity contribution in [2.75, 3.05) is 0 Å². The van der Waals surface area contributed by atoms with Crippen LogP contribution in [-0.4, -0.2) is 73.3 Å². The molecule has 1 unspecified atom stereocenters. The van der Waals surface area contributed by atoms with Crippen LogP contribution < -0.4 is 4.74 Å². The Hall–Kier alpha value is -1.93. The van der Waals surface area contributed by atoms with Gasteiger partial charge in [-0.05, 0) is 6.07 Å².